The highest BCUT2D eigenvalue weighted by Crippen LogP contribution is 2.38. The lowest BCUT2D eigenvalue weighted by molar-refractivity contribution is 0.0697. The van der Waals surface area contributed by atoms with Gasteiger partial charge in [-0.2, -0.15) is 0 Å². The minimum Gasteiger partial charge on any atom is -0.490 e. The Morgan fingerprint density at radius 1 is 1.13 bits per heavy atom. The van der Waals surface area contributed by atoms with Gasteiger partial charge in [-0.15, -0.1) is 0 Å². The van der Waals surface area contributed by atoms with Crippen molar-refractivity contribution in [3.05, 3.63) is 87.1 Å². The largest absolute Gasteiger partial charge is 0.490 e. The number of aryl methyl sites for hydroxylation is 1. The fourth-order valence-electron chi connectivity index (χ4n) is 3.08. The fraction of sp³-hybridized carbons (Fsp3) is 0.208. The number of anilines is 1. The summed E-state index contributed by atoms with van der Waals surface area (Å²) in [4.78, 5) is 11.1. The highest BCUT2D eigenvalue weighted by molar-refractivity contribution is 9.10. The summed E-state index contributed by atoms with van der Waals surface area (Å²) in [6.45, 7) is 4.77. The van der Waals surface area contributed by atoms with E-state index in [0.717, 1.165) is 16.8 Å². The van der Waals surface area contributed by atoms with Crippen LogP contribution in [-0.4, -0.2) is 17.7 Å². The van der Waals surface area contributed by atoms with Gasteiger partial charge in [0.1, 0.15) is 12.4 Å². The highest BCUT2D eigenvalue weighted by Gasteiger charge is 2.14. The standard InChI is InChI=1S/C24H23BrFNO4/c1-3-30-22-12-16(13-27-21-9-8-17(24(28)29)10-15(21)2)11-19(25)23(22)31-14-18-6-4-5-7-20(18)26/h4-12,27H,3,13-14H2,1-2H3,(H,28,29). The number of carboxylic acids is 1. The molecule has 0 aliphatic rings. The Balaban J connectivity index is 1.76. The van der Waals surface area contributed by atoms with Crippen LogP contribution in [0, 0.1) is 12.7 Å². The van der Waals surface area contributed by atoms with E-state index in [2.05, 4.69) is 21.2 Å². The van der Waals surface area contributed by atoms with Crippen molar-refractivity contribution < 1.29 is 23.8 Å². The Morgan fingerprint density at radius 3 is 2.58 bits per heavy atom. The van der Waals surface area contributed by atoms with Crippen LogP contribution in [0.15, 0.2) is 59.1 Å². The minimum atomic E-state index is -0.953. The van der Waals surface area contributed by atoms with Gasteiger partial charge in [0, 0.05) is 17.8 Å². The second-order valence-corrected chi connectivity index (χ2v) is 7.76. The number of aromatic carboxylic acids is 1. The number of hydrogen-bond donors (Lipinski definition) is 2. The van der Waals surface area contributed by atoms with Crippen LogP contribution in [0.25, 0.3) is 0 Å². The fourth-order valence-corrected chi connectivity index (χ4v) is 3.69. The summed E-state index contributed by atoms with van der Waals surface area (Å²) in [5, 5.41) is 12.4. The molecule has 3 aromatic carbocycles. The van der Waals surface area contributed by atoms with Crippen LogP contribution in [0.5, 0.6) is 11.5 Å². The maximum atomic E-state index is 13.9. The Morgan fingerprint density at radius 2 is 1.90 bits per heavy atom. The molecule has 0 heterocycles. The third-order valence-electron chi connectivity index (χ3n) is 4.66. The first-order valence-electron chi connectivity index (χ1n) is 9.78. The lowest BCUT2D eigenvalue weighted by Gasteiger charge is -2.17. The van der Waals surface area contributed by atoms with Gasteiger partial charge in [-0.1, -0.05) is 18.2 Å². The maximum Gasteiger partial charge on any atom is 0.335 e. The first kappa shape index (κ1) is 22.6. The van der Waals surface area contributed by atoms with Crippen molar-refractivity contribution in [2.45, 2.75) is 27.0 Å². The van der Waals surface area contributed by atoms with E-state index in [4.69, 9.17) is 14.6 Å². The molecule has 0 bridgehead atoms. The van der Waals surface area contributed by atoms with Crippen LogP contribution in [-0.2, 0) is 13.2 Å². The third kappa shape index (κ3) is 5.76. The first-order valence-corrected chi connectivity index (χ1v) is 10.6. The molecule has 0 spiro atoms. The van der Waals surface area contributed by atoms with E-state index >= 15 is 0 Å². The smallest absolute Gasteiger partial charge is 0.335 e. The predicted molar refractivity (Wildman–Crippen MR) is 122 cm³/mol. The molecular weight excluding hydrogens is 465 g/mol. The lowest BCUT2D eigenvalue weighted by atomic mass is 10.1. The van der Waals surface area contributed by atoms with E-state index in [1.807, 2.05) is 26.0 Å². The molecule has 0 saturated carbocycles. The van der Waals surface area contributed by atoms with Crippen LogP contribution in [0.1, 0.15) is 34.0 Å². The number of ether oxygens (including phenoxy) is 2. The quantitative estimate of drug-likeness (QED) is 0.376. The zero-order valence-corrected chi connectivity index (χ0v) is 18.8. The first-order chi connectivity index (χ1) is 14.9. The molecule has 5 nitrogen and oxygen atoms in total. The van der Waals surface area contributed by atoms with Gasteiger partial charge in [-0.3, -0.25) is 0 Å². The summed E-state index contributed by atoms with van der Waals surface area (Å²) in [6.07, 6.45) is 0. The third-order valence-corrected chi connectivity index (χ3v) is 5.24. The van der Waals surface area contributed by atoms with Gasteiger partial charge < -0.3 is 19.9 Å². The van der Waals surface area contributed by atoms with Crippen molar-refractivity contribution in [1.29, 1.82) is 0 Å². The maximum absolute atomic E-state index is 13.9. The number of carbonyl (C=O) groups is 1. The van der Waals surface area contributed by atoms with Crippen LogP contribution in [0.4, 0.5) is 10.1 Å². The van der Waals surface area contributed by atoms with E-state index < -0.39 is 5.97 Å². The second-order valence-electron chi connectivity index (χ2n) is 6.91. The van der Waals surface area contributed by atoms with Crippen molar-refractivity contribution in [3.8, 4) is 11.5 Å². The summed E-state index contributed by atoms with van der Waals surface area (Å²) in [5.41, 5.74) is 3.34. The average Bonchev–Trinajstić information content (AvgIpc) is 2.73. The normalized spacial score (nSPS) is 10.6. The molecule has 0 saturated heterocycles. The van der Waals surface area contributed by atoms with E-state index in [9.17, 15) is 9.18 Å². The van der Waals surface area contributed by atoms with E-state index in [1.54, 1.807) is 36.4 Å². The number of rotatable bonds is 9. The molecule has 3 rings (SSSR count). The monoisotopic (exact) mass is 487 g/mol. The Bertz CT molecular complexity index is 1090. The average molecular weight is 488 g/mol. The van der Waals surface area contributed by atoms with Gasteiger partial charge in [0.15, 0.2) is 11.5 Å². The highest BCUT2D eigenvalue weighted by atomic mass is 79.9. The number of halogens is 2. The molecule has 0 atom stereocenters. The molecule has 0 unspecified atom stereocenters. The summed E-state index contributed by atoms with van der Waals surface area (Å²) < 4.78 is 26.2. The second kappa shape index (κ2) is 10.3. The van der Waals surface area contributed by atoms with Gasteiger partial charge in [0.2, 0.25) is 0 Å². The number of carboxylic acid groups (broad SMARTS) is 1. The van der Waals surface area contributed by atoms with Crippen LogP contribution in [0.2, 0.25) is 0 Å². The van der Waals surface area contributed by atoms with Crippen LogP contribution < -0.4 is 14.8 Å². The van der Waals surface area contributed by atoms with Crippen molar-refractivity contribution >= 4 is 27.6 Å². The molecule has 0 aliphatic heterocycles. The van der Waals surface area contributed by atoms with Crippen molar-refractivity contribution in [3.63, 3.8) is 0 Å². The molecule has 0 fully saturated rings. The topological polar surface area (TPSA) is 67.8 Å². The SMILES string of the molecule is CCOc1cc(CNc2ccc(C(=O)O)cc2C)cc(Br)c1OCc1ccccc1F. The number of hydrogen-bond acceptors (Lipinski definition) is 4. The number of benzene rings is 3. The molecule has 31 heavy (non-hydrogen) atoms. The minimum absolute atomic E-state index is 0.0814. The van der Waals surface area contributed by atoms with Gasteiger partial charge in [-0.05, 0) is 77.3 Å². The van der Waals surface area contributed by atoms with Crippen molar-refractivity contribution in [2.24, 2.45) is 0 Å². The summed E-state index contributed by atoms with van der Waals surface area (Å²) in [5.74, 6) is -0.202. The Hall–Kier alpha value is -3.06. The van der Waals surface area contributed by atoms with E-state index in [1.165, 1.54) is 6.07 Å². The molecular formula is C24H23BrFNO4. The lowest BCUT2D eigenvalue weighted by Crippen LogP contribution is -2.06. The van der Waals surface area contributed by atoms with Crippen LogP contribution in [0.3, 0.4) is 0 Å². The summed E-state index contributed by atoms with van der Waals surface area (Å²) in [7, 11) is 0. The van der Waals surface area contributed by atoms with Crippen molar-refractivity contribution in [2.75, 3.05) is 11.9 Å². The molecule has 0 amide bonds. The van der Waals surface area contributed by atoms with E-state index in [0.29, 0.717) is 34.7 Å². The van der Waals surface area contributed by atoms with Crippen LogP contribution >= 0.6 is 15.9 Å². The van der Waals surface area contributed by atoms with E-state index in [-0.39, 0.29) is 18.0 Å². The molecule has 0 aromatic heterocycles. The summed E-state index contributed by atoms with van der Waals surface area (Å²) >= 11 is 3.53. The molecule has 3 aromatic rings. The zero-order valence-electron chi connectivity index (χ0n) is 17.2. The van der Waals surface area contributed by atoms with Gasteiger partial charge in [-0.25, -0.2) is 9.18 Å². The number of nitrogens with one attached hydrogen (secondary N) is 1. The zero-order chi connectivity index (χ0) is 22.4. The summed E-state index contributed by atoms with van der Waals surface area (Å²) in [6, 6.07) is 15.2. The Labute approximate surface area is 189 Å². The van der Waals surface area contributed by atoms with Gasteiger partial charge >= 0.3 is 5.97 Å². The molecule has 162 valence electrons. The Kier molecular flexibility index (Phi) is 7.52. The predicted octanol–water partition coefficient (Wildman–Crippen LogP) is 6.18. The molecule has 0 aliphatic carbocycles. The van der Waals surface area contributed by atoms with Gasteiger partial charge in [0.05, 0.1) is 16.6 Å². The van der Waals surface area contributed by atoms with Crippen molar-refractivity contribution in [1.82, 2.24) is 0 Å². The molecule has 7 heteroatoms. The molecule has 2 N–H and O–H groups in total. The van der Waals surface area contributed by atoms with Gasteiger partial charge in [0.25, 0.3) is 0 Å². The molecule has 0 radical (unpaired) electrons.